The lowest BCUT2D eigenvalue weighted by molar-refractivity contribution is 1.23. The minimum Gasteiger partial charge on any atom is -0.0622 e. The zero-order valence-electron chi connectivity index (χ0n) is 57.7. The van der Waals surface area contributed by atoms with Gasteiger partial charge in [-0.05, 0) is 208 Å². The summed E-state index contributed by atoms with van der Waals surface area (Å²) in [6.45, 7) is 46.4. The van der Waals surface area contributed by atoms with Crippen molar-refractivity contribution in [2.75, 3.05) is 0 Å². The van der Waals surface area contributed by atoms with Gasteiger partial charge in [-0.25, -0.2) is 0 Å². The maximum absolute atomic E-state index is 7.22. The van der Waals surface area contributed by atoms with E-state index in [0.717, 1.165) is 11.1 Å². The molecular weight excluding hydrogens is 985 g/mol. The topological polar surface area (TPSA) is 0 Å². The van der Waals surface area contributed by atoms with Crippen LogP contribution in [0.2, 0.25) is 0 Å². The van der Waals surface area contributed by atoms with Crippen molar-refractivity contribution in [3.8, 4) is 0 Å². The summed E-state index contributed by atoms with van der Waals surface area (Å²) < 4.78 is 21.4. The highest BCUT2D eigenvalue weighted by molar-refractivity contribution is 5.36. The van der Waals surface area contributed by atoms with Crippen molar-refractivity contribution < 1.29 is 4.11 Å². The zero-order valence-corrected chi connectivity index (χ0v) is 54.7. The van der Waals surface area contributed by atoms with Crippen molar-refractivity contribution >= 4 is 0 Å². The number of hydrogen-bond donors (Lipinski definition) is 0. The van der Waals surface area contributed by atoms with E-state index in [0.29, 0.717) is 18.1 Å². The Bertz CT molecular complexity index is 3130. The molecule has 0 N–H and O–H groups in total. The largest absolute Gasteiger partial charge is 0.0625 e. The van der Waals surface area contributed by atoms with Crippen LogP contribution in [-0.4, -0.2) is 0 Å². The molecule has 0 saturated carbocycles. The van der Waals surface area contributed by atoms with Crippen LogP contribution in [-0.2, 0) is 0 Å². The molecule has 0 amide bonds. The molecule has 0 aliphatic rings. The normalized spacial score (nSPS) is 9.85. The third-order valence-electron chi connectivity index (χ3n) is 13.4. The number of rotatable bonds is 0. The van der Waals surface area contributed by atoms with Gasteiger partial charge in [-0.3, -0.25) is 0 Å². The van der Waals surface area contributed by atoms with E-state index in [1.54, 1.807) is 24.3 Å². The molecule has 0 aromatic heterocycles. The SMILES string of the molecule is Cc1cc(C)c(C)c(C)c1.Cc1cc(C)cc(C)c1.Cc1ccc(C)c(C)c1.Cc1ccc(C)cc1.Cc1cccc(C)c1.Cc1cccc(C)c1C.Cc1ccccc1C.[2H]c1ccc(C)cc1.[2H]c1cccc(C)c1.[2H]c1ccccc1C. The smallest absolute Gasteiger partial charge is 0.0622 e. The van der Waals surface area contributed by atoms with Crippen LogP contribution in [0.4, 0.5) is 0 Å². The molecule has 10 rings (SSSR count). The summed E-state index contributed by atoms with van der Waals surface area (Å²) in [4.78, 5) is 0. The molecule has 10 aromatic carbocycles. The molecule has 0 heteroatoms. The van der Waals surface area contributed by atoms with E-state index in [9.17, 15) is 0 Å². The van der Waals surface area contributed by atoms with Crippen LogP contribution in [0.5, 0.6) is 0 Å². The first kappa shape index (κ1) is 66.7. The van der Waals surface area contributed by atoms with E-state index in [2.05, 4.69) is 271 Å². The molecule has 0 spiro atoms. The fourth-order valence-electron chi connectivity index (χ4n) is 7.79. The Morgan fingerprint density at radius 3 is 0.817 bits per heavy atom. The Labute approximate surface area is 506 Å². The van der Waals surface area contributed by atoms with Crippen molar-refractivity contribution in [1.82, 2.24) is 0 Å². The summed E-state index contributed by atoms with van der Waals surface area (Å²) in [5.74, 6) is 0. The number of benzene rings is 10. The molecular formula is C82H104. The Balaban J connectivity index is 0.000000473. The van der Waals surface area contributed by atoms with E-state index in [1.807, 2.05) is 69.3 Å². The van der Waals surface area contributed by atoms with E-state index in [-0.39, 0.29) is 0 Å². The van der Waals surface area contributed by atoms with Gasteiger partial charge in [0.2, 0.25) is 0 Å². The average molecular weight is 1090 g/mol. The number of aryl methyl sites for hydroxylation is 20. The summed E-state index contributed by atoms with van der Waals surface area (Å²) in [5.41, 5.74) is 29.4. The average Bonchev–Trinajstić information content (AvgIpc) is 3.55. The summed E-state index contributed by atoms with van der Waals surface area (Å²) in [6, 6.07) is 73.4. The van der Waals surface area contributed by atoms with Crippen LogP contribution in [0, 0.1) is 152 Å². The first-order valence-electron chi connectivity index (χ1n) is 30.3. The van der Waals surface area contributed by atoms with E-state index < -0.39 is 0 Å². The van der Waals surface area contributed by atoms with Gasteiger partial charge in [0, 0.05) is 0 Å². The first-order valence-corrected chi connectivity index (χ1v) is 28.8. The molecule has 0 bridgehead atoms. The number of hydrogen-bond acceptors (Lipinski definition) is 0. The maximum atomic E-state index is 7.22. The second kappa shape index (κ2) is 41.2. The van der Waals surface area contributed by atoms with E-state index >= 15 is 0 Å². The molecule has 0 aliphatic carbocycles. The third kappa shape index (κ3) is 35.0. The zero-order chi connectivity index (χ0) is 64.2. The predicted molar refractivity (Wildman–Crippen MR) is 369 cm³/mol. The van der Waals surface area contributed by atoms with Gasteiger partial charge in [-0.2, -0.15) is 0 Å². The van der Waals surface area contributed by atoms with E-state index in [4.69, 9.17) is 4.11 Å². The minimum atomic E-state index is 0.579. The lowest BCUT2D eigenvalue weighted by Crippen LogP contribution is -1.86. The van der Waals surface area contributed by atoms with Crippen molar-refractivity contribution in [1.29, 1.82) is 0 Å². The van der Waals surface area contributed by atoms with Crippen LogP contribution in [0.3, 0.4) is 0 Å². The Morgan fingerprint density at radius 1 is 0.171 bits per heavy atom. The third-order valence-corrected chi connectivity index (χ3v) is 13.4. The summed E-state index contributed by atoms with van der Waals surface area (Å²) >= 11 is 0. The van der Waals surface area contributed by atoms with Gasteiger partial charge in [-0.15, -0.1) is 0 Å². The highest BCUT2D eigenvalue weighted by Gasteiger charge is 1.96. The van der Waals surface area contributed by atoms with Crippen LogP contribution in [0.15, 0.2) is 230 Å². The van der Waals surface area contributed by atoms with Crippen molar-refractivity contribution in [3.63, 3.8) is 0 Å². The highest BCUT2D eigenvalue weighted by Crippen LogP contribution is 2.15. The second-order valence-electron chi connectivity index (χ2n) is 21.9. The molecule has 0 saturated heterocycles. The van der Waals surface area contributed by atoms with Gasteiger partial charge in [0.1, 0.15) is 0 Å². The molecule has 432 valence electrons. The monoisotopic (exact) mass is 1090 g/mol. The standard InChI is InChI=1S/C10H14.3C9H12.3C8H10.3C7H8/c1-7-5-8(2)10(4)9(3)6-7;1-7-4-8(2)6-9(3)5-7;1-7-4-5-8(2)9(3)6-7;1-7-5-4-6-8(2)9(7)3;1-7-3-5-8(2)6-4-7;1-7-4-3-5-8(2)6-7;1-7-5-3-4-6-8(7)2;3*1-7-5-3-2-4-6-7/h5-6H,1-4H3;3*4-6H,1-3H3;3*3-6H,1-2H3;3*2-6H,1H3/i;;;;;;;5D;3D;2D. The fourth-order valence-corrected chi connectivity index (χ4v) is 7.79. The molecule has 0 heterocycles. The van der Waals surface area contributed by atoms with Gasteiger partial charge < -0.3 is 0 Å². The van der Waals surface area contributed by atoms with Crippen LogP contribution in [0.25, 0.3) is 0 Å². The molecule has 0 fully saturated rings. The molecule has 0 aliphatic heterocycles. The summed E-state index contributed by atoms with van der Waals surface area (Å²) in [5, 5.41) is 0. The van der Waals surface area contributed by atoms with Crippen molar-refractivity contribution in [2.24, 2.45) is 0 Å². The minimum absolute atomic E-state index is 0.579. The Kier molecular flexibility index (Phi) is 33.5. The molecule has 0 nitrogen and oxygen atoms in total. The van der Waals surface area contributed by atoms with Gasteiger partial charge >= 0.3 is 0 Å². The van der Waals surface area contributed by atoms with Crippen LogP contribution in [0.1, 0.15) is 127 Å². The molecule has 0 radical (unpaired) electrons. The van der Waals surface area contributed by atoms with Gasteiger partial charge in [0.15, 0.2) is 0 Å². The summed E-state index contributed by atoms with van der Waals surface area (Å²) in [7, 11) is 0. The molecule has 10 aromatic rings. The molecule has 0 unspecified atom stereocenters. The van der Waals surface area contributed by atoms with Crippen molar-refractivity contribution in [2.45, 2.75) is 152 Å². The van der Waals surface area contributed by atoms with Gasteiger partial charge in [0.25, 0.3) is 0 Å². The fraction of sp³-hybridized carbons (Fsp3) is 0.268. The Morgan fingerprint density at radius 2 is 0.476 bits per heavy atom. The summed E-state index contributed by atoms with van der Waals surface area (Å²) in [6.07, 6.45) is 0. The lowest BCUT2D eigenvalue weighted by atomic mass is 10.0. The first-order chi connectivity index (χ1) is 40.0. The lowest BCUT2D eigenvalue weighted by Gasteiger charge is -2.04. The van der Waals surface area contributed by atoms with Crippen LogP contribution >= 0.6 is 0 Å². The van der Waals surface area contributed by atoms with E-state index in [1.165, 1.54) is 111 Å². The Hall–Kier alpha value is -7.80. The maximum Gasteiger partial charge on any atom is 0.0625 e. The molecule has 0 atom stereocenters. The predicted octanol–water partition coefficient (Wildman–Crippen LogP) is 23.7. The van der Waals surface area contributed by atoms with Crippen LogP contribution < -0.4 is 0 Å². The quantitative estimate of drug-likeness (QED) is 0.142. The highest BCUT2D eigenvalue weighted by atomic mass is 14.0. The van der Waals surface area contributed by atoms with Gasteiger partial charge in [-0.1, -0.05) is 297 Å². The second-order valence-corrected chi connectivity index (χ2v) is 21.9. The van der Waals surface area contributed by atoms with Gasteiger partial charge in [0.05, 0.1) is 4.11 Å². The van der Waals surface area contributed by atoms with Crippen molar-refractivity contribution in [3.05, 3.63) is 353 Å². The molecule has 82 heavy (non-hydrogen) atoms.